The van der Waals surface area contributed by atoms with Crippen molar-refractivity contribution in [3.63, 3.8) is 0 Å². The summed E-state index contributed by atoms with van der Waals surface area (Å²) in [6.07, 6.45) is 0.771. The van der Waals surface area contributed by atoms with Crippen LogP contribution in [0.4, 0.5) is 4.79 Å². The molecule has 0 saturated carbocycles. The molecule has 1 aliphatic heterocycles. The molecule has 0 bridgehead atoms. The predicted octanol–water partition coefficient (Wildman–Crippen LogP) is 1.59. The van der Waals surface area contributed by atoms with Crippen molar-refractivity contribution in [3.05, 3.63) is 0 Å². The van der Waals surface area contributed by atoms with E-state index >= 15 is 0 Å². The zero-order valence-corrected chi connectivity index (χ0v) is 16.0. The number of guanidine groups is 1. The molecule has 0 spiro atoms. The van der Waals surface area contributed by atoms with Crippen LogP contribution in [0.3, 0.4) is 0 Å². The van der Waals surface area contributed by atoms with Gasteiger partial charge < -0.3 is 20.3 Å². The van der Waals surface area contributed by atoms with Gasteiger partial charge in [0.05, 0.1) is 0 Å². The number of ether oxygens (including phenoxy) is 1. The third kappa shape index (κ3) is 7.38. The average Bonchev–Trinajstić information content (AvgIpc) is 2.51. The molecule has 1 saturated heterocycles. The van der Waals surface area contributed by atoms with E-state index in [1.165, 1.54) is 0 Å². The number of rotatable bonds is 6. The highest BCUT2D eigenvalue weighted by Gasteiger charge is 2.25. The van der Waals surface area contributed by atoms with Gasteiger partial charge in [0.2, 0.25) is 0 Å². The molecule has 1 amide bonds. The largest absolute Gasteiger partial charge is 0.444 e. The number of piperazine rings is 1. The van der Waals surface area contributed by atoms with E-state index in [4.69, 9.17) is 10.5 Å². The lowest BCUT2D eigenvalue weighted by Crippen LogP contribution is -2.50. The van der Waals surface area contributed by atoms with E-state index in [1.54, 1.807) is 4.90 Å². The molecule has 0 aromatic carbocycles. The number of carbonyl (C=O) groups excluding carboxylic acids is 1. The second-order valence-electron chi connectivity index (χ2n) is 7.07. The number of hydrogen-bond acceptors (Lipinski definition) is 4. The summed E-state index contributed by atoms with van der Waals surface area (Å²) in [5.74, 6) is 0.634. The first kappa shape index (κ1) is 20.5. The fraction of sp³-hybridized carbons (Fsp3) is 0.882. The maximum atomic E-state index is 12.0. The minimum atomic E-state index is -0.434. The Morgan fingerprint density at radius 2 is 1.75 bits per heavy atom. The Balaban J connectivity index is 2.25. The van der Waals surface area contributed by atoms with Crippen molar-refractivity contribution in [1.82, 2.24) is 14.7 Å². The Morgan fingerprint density at radius 1 is 1.17 bits per heavy atom. The van der Waals surface area contributed by atoms with Crippen LogP contribution in [0.2, 0.25) is 0 Å². The second kappa shape index (κ2) is 9.71. The third-order valence-electron chi connectivity index (χ3n) is 4.02. The van der Waals surface area contributed by atoms with Crippen LogP contribution in [-0.4, -0.2) is 84.7 Å². The van der Waals surface area contributed by atoms with E-state index in [-0.39, 0.29) is 6.09 Å². The van der Waals surface area contributed by atoms with Crippen LogP contribution >= 0.6 is 0 Å². The molecular weight excluding hydrogens is 306 g/mol. The molecule has 1 heterocycles. The van der Waals surface area contributed by atoms with Crippen LogP contribution in [0.5, 0.6) is 0 Å². The fourth-order valence-corrected chi connectivity index (χ4v) is 2.62. The molecule has 7 nitrogen and oxygen atoms in total. The van der Waals surface area contributed by atoms with E-state index < -0.39 is 5.60 Å². The first-order valence-electron chi connectivity index (χ1n) is 9.02. The normalized spacial score (nSPS) is 17.0. The summed E-state index contributed by atoms with van der Waals surface area (Å²) in [4.78, 5) is 22.7. The number of nitrogens with two attached hydrogens (primary N) is 1. The molecular formula is C17H35N5O2. The fourth-order valence-electron chi connectivity index (χ4n) is 2.62. The Bertz CT molecular complexity index is 408. The Hall–Kier alpha value is -1.50. The van der Waals surface area contributed by atoms with Gasteiger partial charge in [-0.2, -0.15) is 0 Å². The predicted molar refractivity (Wildman–Crippen MR) is 98.3 cm³/mol. The van der Waals surface area contributed by atoms with Gasteiger partial charge >= 0.3 is 6.09 Å². The van der Waals surface area contributed by atoms with Gasteiger partial charge in [0.15, 0.2) is 5.96 Å². The molecule has 140 valence electrons. The summed E-state index contributed by atoms with van der Waals surface area (Å²) in [5, 5.41) is 0. The summed E-state index contributed by atoms with van der Waals surface area (Å²) in [5.41, 5.74) is 5.53. The number of carbonyl (C=O) groups is 1. The third-order valence-corrected chi connectivity index (χ3v) is 4.02. The molecule has 1 aliphatic rings. The lowest BCUT2D eigenvalue weighted by atomic mass is 10.2. The van der Waals surface area contributed by atoms with Gasteiger partial charge in [-0.3, -0.25) is 9.89 Å². The molecule has 2 N–H and O–H groups in total. The average molecular weight is 342 g/mol. The summed E-state index contributed by atoms with van der Waals surface area (Å²) in [6.45, 7) is 16.6. The molecule has 0 radical (unpaired) electrons. The van der Waals surface area contributed by atoms with Crippen molar-refractivity contribution in [1.29, 1.82) is 0 Å². The van der Waals surface area contributed by atoms with E-state index in [2.05, 4.69) is 28.6 Å². The van der Waals surface area contributed by atoms with Crippen LogP contribution in [0.15, 0.2) is 4.99 Å². The molecule has 0 aliphatic carbocycles. The van der Waals surface area contributed by atoms with Gasteiger partial charge in [-0.15, -0.1) is 0 Å². The highest BCUT2D eigenvalue weighted by Crippen LogP contribution is 2.12. The van der Waals surface area contributed by atoms with Crippen molar-refractivity contribution < 1.29 is 9.53 Å². The lowest BCUT2D eigenvalue weighted by molar-refractivity contribution is 0.0145. The molecule has 24 heavy (non-hydrogen) atoms. The second-order valence-corrected chi connectivity index (χ2v) is 7.07. The maximum Gasteiger partial charge on any atom is 0.410 e. The molecule has 1 fully saturated rings. The minimum absolute atomic E-state index is 0.209. The molecule has 0 aromatic heterocycles. The minimum Gasteiger partial charge on any atom is -0.444 e. The first-order chi connectivity index (χ1) is 11.3. The quantitative estimate of drug-likeness (QED) is 0.451. The molecule has 0 atom stereocenters. The van der Waals surface area contributed by atoms with Crippen LogP contribution in [0, 0.1) is 0 Å². The smallest absolute Gasteiger partial charge is 0.410 e. The van der Waals surface area contributed by atoms with Gasteiger partial charge in [0.1, 0.15) is 5.60 Å². The van der Waals surface area contributed by atoms with Crippen molar-refractivity contribution in [2.75, 3.05) is 52.4 Å². The van der Waals surface area contributed by atoms with Gasteiger partial charge in [-0.05, 0) is 41.0 Å². The van der Waals surface area contributed by atoms with E-state index in [0.717, 1.165) is 58.8 Å². The Kier molecular flexibility index (Phi) is 8.31. The highest BCUT2D eigenvalue weighted by atomic mass is 16.6. The number of hydrogen-bond donors (Lipinski definition) is 1. The number of aliphatic imine (C=N–C) groups is 1. The zero-order valence-electron chi connectivity index (χ0n) is 16.0. The first-order valence-corrected chi connectivity index (χ1v) is 9.02. The standard InChI is InChI=1S/C17H35N5O2/c1-6-21(7-2)15(18)19-9-8-10-20-11-13-22(14-12-20)16(23)24-17(3,4)5/h6-14H2,1-5H3,(H2,18,19). The monoisotopic (exact) mass is 341 g/mol. The van der Waals surface area contributed by atoms with Gasteiger partial charge in [-0.1, -0.05) is 0 Å². The molecule has 1 rings (SSSR count). The van der Waals surface area contributed by atoms with Crippen molar-refractivity contribution in [2.45, 2.75) is 46.6 Å². The highest BCUT2D eigenvalue weighted by molar-refractivity contribution is 5.77. The van der Waals surface area contributed by atoms with Crippen LogP contribution in [0.25, 0.3) is 0 Å². The topological polar surface area (TPSA) is 74.4 Å². The van der Waals surface area contributed by atoms with Crippen LogP contribution in [0.1, 0.15) is 41.0 Å². The van der Waals surface area contributed by atoms with E-state index in [1.807, 2.05) is 20.8 Å². The van der Waals surface area contributed by atoms with Crippen molar-refractivity contribution >= 4 is 12.1 Å². The molecule has 7 heteroatoms. The van der Waals surface area contributed by atoms with E-state index in [9.17, 15) is 4.79 Å². The van der Waals surface area contributed by atoms with E-state index in [0.29, 0.717) is 5.96 Å². The number of nitrogens with zero attached hydrogens (tertiary/aromatic N) is 4. The molecule has 0 unspecified atom stereocenters. The van der Waals surface area contributed by atoms with Crippen molar-refractivity contribution in [2.24, 2.45) is 10.7 Å². The molecule has 0 aromatic rings. The Morgan fingerprint density at radius 3 is 2.25 bits per heavy atom. The summed E-state index contributed by atoms with van der Waals surface area (Å²) >= 11 is 0. The van der Waals surface area contributed by atoms with Gasteiger partial charge in [0, 0.05) is 52.4 Å². The van der Waals surface area contributed by atoms with Crippen molar-refractivity contribution in [3.8, 4) is 0 Å². The zero-order chi connectivity index (χ0) is 18.2. The SMILES string of the molecule is CCN(CC)C(N)=NCCCN1CCN(C(=O)OC(C)(C)C)CC1. The lowest BCUT2D eigenvalue weighted by Gasteiger charge is -2.35. The van der Waals surface area contributed by atoms with Crippen LogP contribution < -0.4 is 5.73 Å². The Labute approximate surface area is 146 Å². The summed E-state index contributed by atoms with van der Waals surface area (Å²) in [6, 6.07) is 0. The van der Waals surface area contributed by atoms with Crippen LogP contribution in [-0.2, 0) is 4.74 Å². The number of amides is 1. The van der Waals surface area contributed by atoms with Gasteiger partial charge in [0.25, 0.3) is 0 Å². The maximum absolute atomic E-state index is 12.0. The summed E-state index contributed by atoms with van der Waals surface area (Å²) in [7, 11) is 0. The summed E-state index contributed by atoms with van der Waals surface area (Å²) < 4.78 is 5.41. The van der Waals surface area contributed by atoms with Gasteiger partial charge in [-0.25, -0.2) is 4.79 Å².